The van der Waals surface area contributed by atoms with E-state index in [-0.39, 0.29) is 12.0 Å². The molecule has 1 atom stereocenters. The fourth-order valence-electron chi connectivity index (χ4n) is 2.64. The summed E-state index contributed by atoms with van der Waals surface area (Å²) in [5, 5.41) is 0. The SMILES string of the molecule is NC(=O)C1=Cc2ncccc2N(CC2CCCO2)C1. The van der Waals surface area contributed by atoms with E-state index in [0.29, 0.717) is 12.1 Å². The van der Waals surface area contributed by atoms with Gasteiger partial charge in [-0.05, 0) is 31.1 Å². The number of anilines is 1. The van der Waals surface area contributed by atoms with E-state index in [4.69, 9.17) is 10.5 Å². The van der Waals surface area contributed by atoms with Gasteiger partial charge in [-0.2, -0.15) is 0 Å². The number of hydrogen-bond acceptors (Lipinski definition) is 4. The van der Waals surface area contributed by atoms with Crippen LogP contribution in [0.4, 0.5) is 5.69 Å². The van der Waals surface area contributed by atoms with Crippen molar-refractivity contribution in [1.82, 2.24) is 4.98 Å². The van der Waals surface area contributed by atoms with E-state index in [1.807, 2.05) is 12.1 Å². The zero-order valence-corrected chi connectivity index (χ0v) is 10.7. The number of carbonyl (C=O) groups is 1. The number of nitrogens with two attached hydrogens (primary N) is 1. The van der Waals surface area contributed by atoms with Crippen LogP contribution in [0.1, 0.15) is 18.5 Å². The summed E-state index contributed by atoms with van der Waals surface area (Å²) in [6, 6.07) is 3.93. The molecule has 1 saturated heterocycles. The van der Waals surface area contributed by atoms with E-state index in [0.717, 1.165) is 37.4 Å². The van der Waals surface area contributed by atoms with Crippen molar-refractivity contribution in [3.05, 3.63) is 29.6 Å². The van der Waals surface area contributed by atoms with Gasteiger partial charge in [0, 0.05) is 31.5 Å². The standard InChI is InChI=1S/C14H17N3O2/c15-14(18)10-7-12-13(4-1-5-16-12)17(8-10)9-11-3-2-6-19-11/h1,4-5,7,11H,2-3,6,8-9H2,(H2,15,18). The Bertz CT molecular complexity index is 521. The summed E-state index contributed by atoms with van der Waals surface area (Å²) in [6.07, 6.45) is 5.92. The minimum atomic E-state index is -0.381. The Kier molecular flexibility index (Phi) is 3.21. The van der Waals surface area contributed by atoms with Crippen LogP contribution in [-0.4, -0.2) is 36.7 Å². The van der Waals surface area contributed by atoms with Crippen LogP contribution < -0.4 is 10.6 Å². The van der Waals surface area contributed by atoms with Crippen LogP contribution in [0.15, 0.2) is 23.9 Å². The molecule has 1 aromatic heterocycles. The van der Waals surface area contributed by atoms with Crippen LogP contribution in [0.25, 0.3) is 6.08 Å². The van der Waals surface area contributed by atoms with Crippen LogP contribution in [0, 0.1) is 0 Å². The number of carbonyl (C=O) groups excluding carboxylic acids is 1. The third kappa shape index (κ3) is 2.46. The molecule has 0 aromatic carbocycles. The predicted octanol–water partition coefficient (Wildman–Crippen LogP) is 0.949. The van der Waals surface area contributed by atoms with Gasteiger partial charge in [0.2, 0.25) is 5.91 Å². The van der Waals surface area contributed by atoms with Crippen LogP contribution in [0.5, 0.6) is 0 Å². The molecule has 0 aliphatic carbocycles. The number of rotatable bonds is 3. The van der Waals surface area contributed by atoms with Crippen molar-refractivity contribution in [3.63, 3.8) is 0 Å². The maximum absolute atomic E-state index is 11.4. The normalized spacial score (nSPS) is 22.0. The average Bonchev–Trinajstić information content (AvgIpc) is 2.91. The quantitative estimate of drug-likeness (QED) is 0.877. The maximum atomic E-state index is 11.4. The Morgan fingerprint density at radius 3 is 3.21 bits per heavy atom. The van der Waals surface area contributed by atoms with E-state index in [2.05, 4.69) is 9.88 Å². The third-order valence-corrected chi connectivity index (χ3v) is 3.59. The molecular weight excluding hydrogens is 242 g/mol. The first kappa shape index (κ1) is 12.2. The highest BCUT2D eigenvalue weighted by molar-refractivity contribution is 5.99. The van der Waals surface area contributed by atoms with E-state index >= 15 is 0 Å². The number of amides is 1. The highest BCUT2D eigenvalue weighted by Gasteiger charge is 2.25. The first-order valence-electron chi connectivity index (χ1n) is 6.56. The fourth-order valence-corrected chi connectivity index (χ4v) is 2.64. The molecule has 0 spiro atoms. The molecule has 3 heterocycles. The van der Waals surface area contributed by atoms with Gasteiger partial charge in [0.15, 0.2) is 0 Å². The van der Waals surface area contributed by atoms with E-state index < -0.39 is 0 Å². The Labute approximate surface area is 112 Å². The molecule has 0 bridgehead atoms. The average molecular weight is 259 g/mol. The van der Waals surface area contributed by atoms with E-state index in [1.54, 1.807) is 12.3 Å². The lowest BCUT2D eigenvalue weighted by Gasteiger charge is -2.31. The molecule has 3 rings (SSSR count). The molecule has 2 aliphatic rings. The fraction of sp³-hybridized carbons (Fsp3) is 0.429. The van der Waals surface area contributed by atoms with Crippen molar-refractivity contribution in [2.75, 3.05) is 24.6 Å². The molecule has 2 aliphatic heterocycles. The molecule has 5 heteroatoms. The number of pyridine rings is 1. The van der Waals surface area contributed by atoms with Crippen LogP contribution in [-0.2, 0) is 9.53 Å². The second-order valence-electron chi connectivity index (χ2n) is 4.96. The Morgan fingerprint density at radius 2 is 2.47 bits per heavy atom. The first-order chi connectivity index (χ1) is 9.24. The summed E-state index contributed by atoms with van der Waals surface area (Å²) < 4.78 is 5.67. The van der Waals surface area contributed by atoms with Gasteiger partial charge in [0.05, 0.1) is 17.5 Å². The van der Waals surface area contributed by atoms with Gasteiger partial charge < -0.3 is 15.4 Å². The number of nitrogens with zero attached hydrogens (tertiary/aromatic N) is 2. The van der Waals surface area contributed by atoms with Crippen molar-refractivity contribution in [1.29, 1.82) is 0 Å². The van der Waals surface area contributed by atoms with E-state index in [1.165, 1.54) is 0 Å². The lowest BCUT2D eigenvalue weighted by Crippen LogP contribution is -2.38. The molecule has 2 N–H and O–H groups in total. The van der Waals surface area contributed by atoms with Crippen LogP contribution in [0.3, 0.4) is 0 Å². The predicted molar refractivity (Wildman–Crippen MR) is 72.6 cm³/mol. The molecule has 0 radical (unpaired) electrons. The summed E-state index contributed by atoms with van der Waals surface area (Å²) in [6.45, 7) is 2.15. The molecule has 1 fully saturated rings. The van der Waals surface area contributed by atoms with Crippen molar-refractivity contribution >= 4 is 17.7 Å². The number of fused-ring (bicyclic) bond motifs is 1. The molecule has 100 valence electrons. The molecule has 1 aromatic rings. The number of primary amides is 1. The Hall–Kier alpha value is -1.88. The first-order valence-corrected chi connectivity index (χ1v) is 6.56. The zero-order chi connectivity index (χ0) is 13.2. The van der Waals surface area contributed by atoms with Gasteiger partial charge in [-0.15, -0.1) is 0 Å². The smallest absolute Gasteiger partial charge is 0.246 e. The van der Waals surface area contributed by atoms with Gasteiger partial charge in [-0.1, -0.05) is 0 Å². The summed E-state index contributed by atoms with van der Waals surface area (Å²) in [7, 11) is 0. The summed E-state index contributed by atoms with van der Waals surface area (Å²) in [5.74, 6) is -0.381. The van der Waals surface area contributed by atoms with Gasteiger partial charge in [0.25, 0.3) is 0 Å². The monoisotopic (exact) mass is 259 g/mol. The van der Waals surface area contributed by atoms with Crippen LogP contribution in [0.2, 0.25) is 0 Å². The summed E-state index contributed by atoms with van der Waals surface area (Å²) in [4.78, 5) is 17.9. The minimum Gasteiger partial charge on any atom is -0.376 e. The molecular formula is C14H17N3O2. The topological polar surface area (TPSA) is 68.5 Å². The third-order valence-electron chi connectivity index (χ3n) is 3.59. The molecule has 0 saturated carbocycles. The maximum Gasteiger partial charge on any atom is 0.246 e. The van der Waals surface area contributed by atoms with Crippen molar-refractivity contribution in [3.8, 4) is 0 Å². The number of hydrogen-bond donors (Lipinski definition) is 1. The lowest BCUT2D eigenvalue weighted by molar-refractivity contribution is -0.114. The number of ether oxygens (including phenoxy) is 1. The largest absolute Gasteiger partial charge is 0.376 e. The molecule has 1 amide bonds. The highest BCUT2D eigenvalue weighted by Crippen LogP contribution is 2.28. The second kappa shape index (κ2) is 5.01. The summed E-state index contributed by atoms with van der Waals surface area (Å²) in [5.41, 5.74) is 7.85. The number of aromatic nitrogens is 1. The van der Waals surface area contributed by atoms with Crippen molar-refractivity contribution < 1.29 is 9.53 Å². The summed E-state index contributed by atoms with van der Waals surface area (Å²) >= 11 is 0. The van der Waals surface area contributed by atoms with Crippen LogP contribution >= 0.6 is 0 Å². The molecule has 1 unspecified atom stereocenters. The van der Waals surface area contributed by atoms with E-state index in [9.17, 15) is 4.79 Å². The minimum absolute atomic E-state index is 0.236. The van der Waals surface area contributed by atoms with Crippen molar-refractivity contribution in [2.24, 2.45) is 5.73 Å². The van der Waals surface area contributed by atoms with Gasteiger partial charge in [-0.3, -0.25) is 9.78 Å². The lowest BCUT2D eigenvalue weighted by atomic mass is 10.1. The Balaban J connectivity index is 1.87. The van der Waals surface area contributed by atoms with Gasteiger partial charge in [0.1, 0.15) is 0 Å². The van der Waals surface area contributed by atoms with Gasteiger partial charge >= 0.3 is 0 Å². The highest BCUT2D eigenvalue weighted by atomic mass is 16.5. The molecule has 19 heavy (non-hydrogen) atoms. The second-order valence-corrected chi connectivity index (χ2v) is 4.96. The molecule has 5 nitrogen and oxygen atoms in total. The van der Waals surface area contributed by atoms with Gasteiger partial charge in [-0.25, -0.2) is 0 Å². The Morgan fingerprint density at radius 1 is 1.58 bits per heavy atom. The van der Waals surface area contributed by atoms with Crippen molar-refractivity contribution in [2.45, 2.75) is 18.9 Å². The zero-order valence-electron chi connectivity index (χ0n) is 10.7.